The van der Waals surface area contributed by atoms with Gasteiger partial charge in [0.1, 0.15) is 5.82 Å². The number of nitrogens with one attached hydrogen (secondary N) is 1. The van der Waals surface area contributed by atoms with Crippen molar-refractivity contribution >= 4 is 45.5 Å². The Morgan fingerprint density at radius 1 is 0.717 bits per heavy atom. The lowest BCUT2D eigenvalue weighted by molar-refractivity contribution is 0.389. The number of hydrogen-bond acceptors (Lipinski definition) is 6. The smallest absolute Gasteiger partial charge is 0.179 e. The molecule has 0 saturated carbocycles. The summed E-state index contributed by atoms with van der Waals surface area (Å²) in [6.45, 7) is 5.18. The zero-order chi connectivity index (χ0) is 30.8. The zero-order valence-electron chi connectivity index (χ0n) is 25.3. The van der Waals surface area contributed by atoms with E-state index in [0.717, 1.165) is 88.8 Å². The maximum absolute atomic E-state index is 13.6. The predicted molar refractivity (Wildman–Crippen MR) is 182 cm³/mol. The highest BCUT2D eigenvalue weighted by atomic mass is 19.1. The van der Waals surface area contributed by atoms with Gasteiger partial charge in [0.05, 0.1) is 28.8 Å². The number of piperazine rings is 1. The van der Waals surface area contributed by atoms with E-state index in [4.69, 9.17) is 15.1 Å². The molecule has 0 radical (unpaired) electrons. The molecule has 1 unspecified atom stereocenters. The second-order valence-electron chi connectivity index (χ2n) is 11.9. The van der Waals surface area contributed by atoms with Crippen molar-refractivity contribution in [2.24, 2.45) is 9.98 Å². The summed E-state index contributed by atoms with van der Waals surface area (Å²) in [5.41, 5.74) is 8.19. The first-order valence-electron chi connectivity index (χ1n) is 15.7. The number of aromatic nitrogens is 3. The molecule has 46 heavy (non-hydrogen) atoms. The number of hydrogen-bond donors (Lipinski definition) is 1. The number of anilines is 2. The third-order valence-electron chi connectivity index (χ3n) is 9.31. The van der Waals surface area contributed by atoms with E-state index in [-0.39, 0.29) is 11.9 Å². The number of aromatic amines is 1. The van der Waals surface area contributed by atoms with Crippen molar-refractivity contribution < 1.29 is 4.39 Å². The summed E-state index contributed by atoms with van der Waals surface area (Å²) in [6, 6.07) is 33.6. The van der Waals surface area contributed by atoms with Gasteiger partial charge in [0.15, 0.2) is 17.5 Å². The number of aryl methyl sites for hydroxylation is 1. The molecule has 6 aromatic rings. The van der Waals surface area contributed by atoms with E-state index in [2.05, 4.69) is 87.4 Å². The van der Waals surface area contributed by atoms with Gasteiger partial charge in [0, 0.05) is 60.1 Å². The van der Waals surface area contributed by atoms with Crippen molar-refractivity contribution in [2.45, 2.75) is 13.0 Å². The molecule has 0 spiro atoms. The molecule has 9 heteroatoms. The molecular weight excluding hydrogens is 575 g/mol. The van der Waals surface area contributed by atoms with E-state index in [1.165, 1.54) is 17.5 Å². The lowest BCUT2D eigenvalue weighted by Gasteiger charge is -2.44. The average Bonchev–Trinajstić information content (AvgIpc) is 3.69. The Labute approximate surface area is 265 Å². The minimum Gasteiger partial charge on any atom is -0.368 e. The highest BCUT2D eigenvalue weighted by Crippen LogP contribution is 2.49. The number of halogens is 1. The summed E-state index contributed by atoms with van der Waals surface area (Å²) in [5, 5.41) is 6.26. The maximum Gasteiger partial charge on any atom is 0.179 e. The number of para-hydroxylation sites is 4. The van der Waals surface area contributed by atoms with Gasteiger partial charge in [0.2, 0.25) is 0 Å². The second-order valence-corrected chi connectivity index (χ2v) is 11.9. The van der Waals surface area contributed by atoms with E-state index in [1.54, 1.807) is 0 Å². The lowest BCUT2D eigenvalue weighted by Crippen LogP contribution is -2.55. The topological polar surface area (TPSA) is 68.1 Å². The monoisotopic (exact) mass is 606 g/mol. The Balaban J connectivity index is 1.22. The minimum absolute atomic E-state index is 0.191. The van der Waals surface area contributed by atoms with E-state index >= 15 is 0 Å². The lowest BCUT2D eigenvalue weighted by atomic mass is 9.93. The Hall–Kier alpha value is -5.70. The van der Waals surface area contributed by atoms with Gasteiger partial charge in [-0.2, -0.15) is 5.10 Å². The van der Waals surface area contributed by atoms with Crippen LogP contribution in [0.2, 0.25) is 0 Å². The summed E-state index contributed by atoms with van der Waals surface area (Å²) in [6.07, 6.45) is 2.14. The molecule has 1 atom stereocenters. The number of nitrogens with zero attached hydrogens (tertiary/aromatic N) is 7. The molecule has 4 aromatic carbocycles. The molecule has 3 aliphatic rings. The van der Waals surface area contributed by atoms with Gasteiger partial charge in [-0.1, -0.05) is 48.5 Å². The third-order valence-corrected chi connectivity index (χ3v) is 9.31. The normalized spacial score (nSPS) is 17.3. The summed E-state index contributed by atoms with van der Waals surface area (Å²) >= 11 is 0. The van der Waals surface area contributed by atoms with Crippen LogP contribution >= 0.6 is 0 Å². The molecule has 5 heterocycles. The molecule has 1 fully saturated rings. The Morgan fingerprint density at radius 2 is 1.43 bits per heavy atom. The fourth-order valence-electron chi connectivity index (χ4n) is 7.10. The minimum atomic E-state index is -0.220. The molecule has 2 aromatic heterocycles. The van der Waals surface area contributed by atoms with Crippen molar-refractivity contribution in [3.05, 3.63) is 132 Å². The molecule has 0 bridgehead atoms. The van der Waals surface area contributed by atoms with Crippen molar-refractivity contribution in [1.82, 2.24) is 19.7 Å². The van der Waals surface area contributed by atoms with Crippen LogP contribution in [-0.4, -0.2) is 57.5 Å². The van der Waals surface area contributed by atoms with Crippen LogP contribution in [0.5, 0.6) is 0 Å². The molecule has 1 saturated heterocycles. The molecule has 226 valence electrons. The van der Waals surface area contributed by atoms with E-state index < -0.39 is 0 Å². The molecule has 3 aliphatic heterocycles. The van der Waals surface area contributed by atoms with Gasteiger partial charge in [-0.15, -0.1) is 0 Å². The van der Waals surface area contributed by atoms with E-state index in [9.17, 15) is 4.39 Å². The van der Waals surface area contributed by atoms with Crippen molar-refractivity contribution in [2.75, 3.05) is 36.0 Å². The standard InChI is InChI=1S/C37H31FN8/c1-24-33-34(29-23-39-30-12-6-5-11-28(29)30)45-32-14-8-7-13-31(32)40-36(37(45)41-35(33)46(42-24)27-9-3-2-4-10-27)44-21-19-43(20-22-44)26-17-15-25(38)16-18-26/h2-18,23,34,39H,19-22H2,1H3. The molecule has 1 N–H and O–H groups in total. The molecule has 0 amide bonds. The Morgan fingerprint density at radius 3 is 2.26 bits per heavy atom. The molecular formula is C37H31FN8. The average molecular weight is 607 g/mol. The van der Waals surface area contributed by atoms with Crippen LogP contribution in [0.25, 0.3) is 16.6 Å². The van der Waals surface area contributed by atoms with Gasteiger partial charge in [0.25, 0.3) is 0 Å². The highest BCUT2D eigenvalue weighted by molar-refractivity contribution is 6.48. The number of rotatable bonds is 3. The largest absolute Gasteiger partial charge is 0.368 e. The fourth-order valence-corrected chi connectivity index (χ4v) is 7.10. The maximum atomic E-state index is 13.6. The molecule has 9 rings (SSSR count). The van der Waals surface area contributed by atoms with Crippen LogP contribution in [0.15, 0.2) is 119 Å². The summed E-state index contributed by atoms with van der Waals surface area (Å²) < 4.78 is 15.6. The number of benzene rings is 4. The first-order valence-corrected chi connectivity index (χ1v) is 15.7. The summed E-state index contributed by atoms with van der Waals surface area (Å²) in [7, 11) is 0. The van der Waals surface area contributed by atoms with Crippen LogP contribution in [0.3, 0.4) is 0 Å². The number of amidine groups is 2. The first kappa shape index (κ1) is 26.7. The number of fused-ring (bicyclic) bond motifs is 5. The first-order chi connectivity index (χ1) is 22.6. The van der Waals surface area contributed by atoms with Gasteiger partial charge in [-0.3, -0.25) is 0 Å². The second kappa shape index (κ2) is 10.4. The van der Waals surface area contributed by atoms with Crippen molar-refractivity contribution in [1.29, 1.82) is 0 Å². The quantitative estimate of drug-likeness (QED) is 0.230. The third kappa shape index (κ3) is 4.15. The van der Waals surface area contributed by atoms with Crippen LogP contribution in [0.1, 0.15) is 22.9 Å². The van der Waals surface area contributed by atoms with E-state index in [0.29, 0.717) is 0 Å². The van der Waals surface area contributed by atoms with Gasteiger partial charge in [-0.05, 0) is 61.5 Å². The van der Waals surface area contributed by atoms with Crippen molar-refractivity contribution in [3.63, 3.8) is 0 Å². The van der Waals surface area contributed by atoms with Gasteiger partial charge >= 0.3 is 0 Å². The SMILES string of the molecule is Cc1nn(-c2ccccc2)c2c1C(c1c[nH]c3ccccc13)N1C(=N2)C(N2CCN(c3ccc(F)cc3)CC2)=Nc2ccccc21. The van der Waals surface area contributed by atoms with Gasteiger partial charge in [-0.25, -0.2) is 19.1 Å². The van der Waals surface area contributed by atoms with Gasteiger partial charge < -0.3 is 19.7 Å². The van der Waals surface area contributed by atoms with Crippen LogP contribution < -0.4 is 9.80 Å². The number of H-pyrrole nitrogens is 1. The van der Waals surface area contributed by atoms with Crippen LogP contribution in [-0.2, 0) is 0 Å². The Kier molecular flexibility index (Phi) is 6.06. The zero-order valence-corrected chi connectivity index (χ0v) is 25.3. The summed E-state index contributed by atoms with van der Waals surface area (Å²) in [5.74, 6) is 2.27. The van der Waals surface area contributed by atoms with Crippen LogP contribution in [0, 0.1) is 12.7 Å². The Bertz CT molecular complexity index is 2150. The van der Waals surface area contributed by atoms with Crippen molar-refractivity contribution in [3.8, 4) is 5.69 Å². The molecule has 8 nitrogen and oxygen atoms in total. The van der Waals surface area contributed by atoms with E-state index in [1.807, 2.05) is 41.1 Å². The fraction of sp³-hybridized carbons (Fsp3) is 0.162. The highest BCUT2D eigenvalue weighted by Gasteiger charge is 2.43. The van der Waals surface area contributed by atoms with Crippen LogP contribution in [0.4, 0.5) is 27.3 Å². The summed E-state index contributed by atoms with van der Waals surface area (Å²) in [4.78, 5) is 21.3. The molecule has 0 aliphatic carbocycles. The predicted octanol–water partition coefficient (Wildman–Crippen LogP) is 7.31. The number of aliphatic imine (C=N–C) groups is 2.